The Morgan fingerprint density at radius 2 is 2.15 bits per heavy atom. The Labute approximate surface area is 158 Å². The molecule has 0 radical (unpaired) electrons. The third-order valence-corrected chi connectivity index (χ3v) is 5.00. The monoisotopic (exact) mass is 376 g/mol. The number of Topliss-reactive ketones (excluding diaryl/α,β-unsaturated/α-hetero) is 1. The van der Waals surface area contributed by atoms with Crippen molar-refractivity contribution in [1.29, 1.82) is 0 Å². The minimum Gasteiger partial charge on any atom is -0.441 e. The number of halogens is 2. The van der Waals surface area contributed by atoms with Gasteiger partial charge in [0.05, 0.1) is 11.3 Å². The first-order valence-corrected chi connectivity index (χ1v) is 9.50. The summed E-state index contributed by atoms with van der Waals surface area (Å²) in [7, 11) is 0. The molecule has 0 aliphatic carbocycles. The molecule has 1 atom stereocenters. The molecule has 0 N–H and O–H groups in total. The summed E-state index contributed by atoms with van der Waals surface area (Å²) in [6, 6.07) is 3.35. The number of aromatic nitrogens is 1. The van der Waals surface area contributed by atoms with Crippen molar-refractivity contribution in [3.8, 4) is 11.5 Å². The van der Waals surface area contributed by atoms with Crippen LogP contribution in [-0.2, 0) is 11.3 Å². The molecule has 3 rings (SSSR count). The second-order valence-corrected chi connectivity index (χ2v) is 7.78. The lowest BCUT2D eigenvalue weighted by Gasteiger charge is -2.31. The van der Waals surface area contributed by atoms with Gasteiger partial charge in [0.25, 0.3) is 0 Å². The molecule has 0 amide bonds. The van der Waals surface area contributed by atoms with Gasteiger partial charge in [-0.15, -0.1) is 0 Å². The van der Waals surface area contributed by atoms with Crippen LogP contribution in [0.15, 0.2) is 22.6 Å². The summed E-state index contributed by atoms with van der Waals surface area (Å²) in [4.78, 5) is 19.0. The Kier molecular flexibility index (Phi) is 6.05. The van der Waals surface area contributed by atoms with E-state index in [4.69, 9.17) is 4.42 Å². The van der Waals surface area contributed by atoms with Crippen LogP contribution in [0, 0.1) is 30.4 Å². The van der Waals surface area contributed by atoms with E-state index in [9.17, 15) is 13.6 Å². The number of nitrogens with zero attached hydrogens (tertiary/aromatic N) is 2. The maximum atomic E-state index is 14.0. The van der Waals surface area contributed by atoms with Gasteiger partial charge in [-0.1, -0.05) is 13.8 Å². The molecule has 4 nitrogen and oxygen atoms in total. The molecule has 2 heterocycles. The van der Waals surface area contributed by atoms with Crippen LogP contribution in [0.4, 0.5) is 8.78 Å². The summed E-state index contributed by atoms with van der Waals surface area (Å²) in [5.41, 5.74) is 0.875. The van der Waals surface area contributed by atoms with Gasteiger partial charge in [0, 0.05) is 31.5 Å². The van der Waals surface area contributed by atoms with Crippen LogP contribution in [0.1, 0.15) is 44.6 Å². The number of benzene rings is 1. The lowest BCUT2D eigenvalue weighted by Crippen LogP contribution is -2.38. The van der Waals surface area contributed by atoms with Gasteiger partial charge < -0.3 is 4.42 Å². The van der Waals surface area contributed by atoms with Crippen molar-refractivity contribution in [1.82, 2.24) is 9.88 Å². The Bertz CT molecular complexity index is 817. The van der Waals surface area contributed by atoms with Crippen molar-refractivity contribution in [3.05, 3.63) is 41.3 Å². The molecule has 27 heavy (non-hydrogen) atoms. The third-order valence-electron chi connectivity index (χ3n) is 5.00. The molecule has 0 spiro atoms. The fraction of sp³-hybridized carbons (Fsp3) is 0.524. The average Bonchev–Trinajstić information content (AvgIpc) is 2.95. The van der Waals surface area contributed by atoms with E-state index in [-0.39, 0.29) is 17.4 Å². The molecular formula is C21H26F2N2O2. The molecular weight excluding hydrogens is 350 g/mol. The predicted molar refractivity (Wildman–Crippen MR) is 99.1 cm³/mol. The number of carbonyl (C=O) groups is 1. The van der Waals surface area contributed by atoms with Gasteiger partial charge in [-0.25, -0.2) is 13.8 Å². The SMILES string of the molecule is Cc1oc(-c2ccc(F)cc2F)nc1CN1CCCC(C(=O)CC(C)C)C1. The molecule has 1 saturated heterocycles. The van der Waals surface area contributed by atoms with Gasteiger partial charge in [0.2, 0.25) is 5.89 Å². The third kappa shape index (κ3) is 4.80. The van der Waals surface area contributed by atoms with Crippen molar-refractivity contribution >= 4 is 5.78 Å². The zero-order valence-electron chi connectivity index (χ0n) is 16.1. The Morgan fingerprint density at radius 3 is 2.85 bits per heavy atom. The van der Waals surface area contributed by atoms with Crippen molar-refractivity contribution in [2.45, 2.75) is 46.6 Å². The van der Waals surface area contributed by atoms with Crippen LogP contribution in [0.2, 0.25) is 0 Å². The van der Waals surface area contributed by atoms with Gasteiger partial charge in [-0.2, -0.15) is 0 Å². The van der Waals surface area contributed by atoms with E-state index in [0.717, 1.165) is 37.7 Å². The summed E-state index contributed by atoms with van der Waals surface area (Å²) in [5.74, 6) is 0.223. The number of aryl methyl sites for hydroxylation is 1. The molecule has 1 aliphatic rings. The van der Waals surface area contributed by atoms with Gasteiger partial charge in [0.1, 0.15) is 23.2 Å². The van der Waals surface area contributed by atoms with Crippen LogP contribution in [0.3, 0.4) is 0 Å². The van der Waals surface area contributed by atoms with E-state index in [1.54, 1.807) is 6.92 Å². The molecule has 1 fully saturated rings. The number of hydrogen-bond donors (Lipinski definition) is 0. The molecule has 1 unspecified atom stereocenters. The Hall–Kier alpha value is -2.08. The van der Waals surface area contributed by atoms with Crippen molar-refractivity contribution in [2.24, 2.45) is 11.8 Å². The van der Waals surface area contributed by atoms with E-state index in [2.05, 4.69) is 23.7 Å². The highest BCUT2D eigenvalue weighted by Gasteiger charge is 2.27. The van der Waals surface area contributed by atoms with E-state index < -0.39 is 11.6 Å². The molecule has 146 valence electrons. The van der Waals surface area contributed by atoms with Crippen molar-refractivity contribution < 1.29 is 18.0 Å². The van der Waals surface area contributed by atoms with Crippen LogP contribution < -0.4 is 0 Å². The fourth-order valence-electron chi connectivity index (χ4n) is 3.60. The highest BCUT2D eigenvalue weighted by molar-refractivity contribution is 5.81. The van der Waals surface area contributed by atoms with Gasteiger partial charge >= 0.3 is 0 Å². The van der Waals surface area contributed by atoms with Crippen molar-refractivity contribution in [3.63, 3.8) is 0 Å². The predicted octanol–water partition coefficient (Wildman–Crippen LogP) is 4.76. The average molecular weight is 376 g/mol. The summed E-state index contributed by atoms with van der Waals surface area (Å²) < 4.78 is 32.7. The second-order valence-electron chi connectivity index (χ2n) is 7.78. The van der Waals surface area contributed by atoms with Gasteiger partial charge in [-0.05, 0) is 44.4 Å². The maximum absolute atomic E-state index is 14.0. The molecule has 6 heteroatoms. The maximum Gasteiger partial charge on any atom is 0.229 e. The summed E-state index contributed by atoms with van der Waals surface area (Å²) >= 11 is 0. The first-order valence-electron chi connectivity index (χ1n) is 9.50. The normalized spacial score (nSPS) is 18.2. The Morgan fingerprint density at radius 1 is 1.37 bits per heavy atom. The van der Waals surface area contributed by atoms with Gasteiger partial charge in [-0.3, -0.25) is 9.69 Å². The van der Waals surface area contributed by atoms with Crippen LogP contribution in [0.25, 0.3) is 11.5 Å². The number of rotatable bonds is 6. The van der Waals surface area contributed by atoms with Crippen LogP contribution in [-0.4, -0.2) is 28.8 Å². The van der Waals surface area contributed by atoms with Crippen LogP contribution >= 0.6 is 0 Å². The number of hydrogen-bond acceptors (Lipinski definition) is 4. The lowest BCUT2D eigenvalue weighted by atomic mass is 9.89. The molecule has 0 saturated carbocycles. The number of ketones is 1. The zero-order chi connectivity index (χ0) is 19.6. The fourth-order valence-corrected chi connectivity index (χ4v) is 3.60. The highest BCUT2D eigenvalue weighted by Crippen LogP contribution is 2.27. The van der Waals surface area contributed by atoms with E-state index in [1.165, 1.54) is 12.1 Å². The summed E-state index contributed by atoms with van der Waals surface area (Å²) in [5, 5.41) is 0. The van der Waals surface area contributed by atoms with E-state index >= 15 is 0 Å². The smallest absolute Gasteiger partial charge is 0.229 e. The number of likely N-dealkylation sites (tertiary alicyclic amines) is 1. The largest absolute Gasteiger partial charge is 0.441 e. The van der Waals surface area contributed by atoms with Crippen LogP contribution in [0.5, 0.6) is 0 Å². The van der Waals surface area contributed by atoms with Crippen molar-refractivity contribution in [2.75, 3.05) is 13.1 Å². The number of oxazole rings is 1. The molecule has 2 aromatic rings. The minimum absolute atomic E-state index is 0.0716. The minimum atomic E-state index is -0.694. The number of carbonyl (C=O) groups excluding carboxylic acids is 1. The second kappa shape index (κ2) is 8.30. The van der Waals surface area contributed by atoms with Gasteiger partial charge in [0.15, 0.2) is 0 Å². The topological polar surface area (TPSA) is 46.3 Å². The number of piperidine rings is 1. The summed E-state index contributed by atoms with van der Waals surface area (Å²) in [6.45, 7) is 8.10. The molecule has 1 aromatic carbocycles. The van der Waals surface area contributed by atoms with E-state index in [0.29, 0.717) is 30.4 Å². The highest BCUT2D eigenvalue weighted by atomic mass is 19.1. The molecule has 1 aromatic heterocycles. The first-order chi connectivity index (χ1) is 12.8. The molecule has 1 aliphatic heterocycles. The summed E-state index contributed by atoms with van der Waals surface area (Å²) in [6.07, 6.45) is 2.53. The molecule has 0 bridgehead atoms. The lowest BCUT2D eigenvalue weighted by molar-refractivity contribution is -0.125. The standard InChI is InChI=1S/C21H26F2N2O2/c1-13(2)9-20(26)15-5-4-8-25(11-15)12-19-14(3)27-21(24-19)17-7-6-16(22)10-18(17)23/h6-7,10,13,15H,4-5,8-9,11-12H2,1-3H3. The quantitative estimate of drug-likeness (QED) is 0.730. The first kappa shape index (κ1) is 19.7. The zero-order valence-corrected chi connectivity index (χ0v) is 16.1. The van der Waals surface area contributed by atoms with E-state index in [1.807, 2.05) is 0 Å². The Balaban J connectivity index is 1.70.